The van der Waals surface area contributed by atoms with Gasteiger partial charge in [0.25, 0.3) is 5.22 Å². The fourth-order valence-corrected chi connectivity index (χ4v) is 2.64. The summed E-state index contributed by atoms with van der Waals surface area (Å²) < 4.78 is 47.1. The molecule has 0 aliphatic heterocycles. The summed E-state index contributed by atoms with van der Waals surface area (Å²) in [5, 5.41) is 8.14. The van der Waals surface area contributed by atoms with Gasteiger partial charge in [-0.15, -0.1) is 10.2 Å². The van der Waals surface area contributed by atoms with Crippen LogP contribution < -0.4 is 4.74 Å². The van der Waals surface area contributed by atoms with Crippen molar-refractivity contribution >= 4 is 11.8 Å². The van der Waals surface area contributed by atoms with Gasteiger partial charge in [0.15, 0.2) is 0 Å². The number of benzene rings is 2. The summed E-state index contributed by atoms with van der Waals surface area (Å²) in [5.74, 6) is 0.500. The molecule has 3 rings (SSSR count). The second-order valence-corrected chi connectivity index (χ2v) is 5.62. The van der Waals surface area contributed by atoms with Gasteiger partial charge < -0.3 is 9.15 Å². The van der Waals surface area contributed by atoms with Crippen molar-refractivity contribution in [2.45, 2.75) is 17.6 Å². The van der Waals surface area contributed by atoms with Gasteiger partial charge in [0.1, 0.15) is 11.6 Å². The molecule has 0 aliphatic carbocycles. The lowest BCUT2D eigenvalue weighted by atomic mass is 10.2. The zero-order valence-electron chi connectivity index (χ0n) is 12.2. The number of nitrogens with zero attached hydrogens (tertiary/aromatic N) is 2. The van der Waals surface area contributed by atoms with Crippen LogP contribution in [0.25, 0.3) is 11.5 Å². The average molecular weight is 352 g/mol. The lowest BCUT2D eigenvalue weighted by Gasteiger charge is -2.03. The van der Waals surface area contributed by atoms with Crippen LogP contribution in [0.2, 0.25) is 0 Å². The van der Waals surface area contributed by atoms with E-state index in [9.17, 15) is 13.2 Å². The Balaban J connectivity index is 1.64. The predicted molar refractivity (Wildman–Crippen MR) is 82.3 cm³/mol. The van der Waals surface area contributed by atoms with E-state index in [4.69, 9.17) is 4.42 Å². The van der Waals surface area contributed by atoms with Crippen LogP contribution in [0.3, 0.4) is 0 Å². The van der Waals surface area contributed by atoms with Crippen molar-refractivity contribution in [3.8, 4) is 17.2 Å². The van der Waals surface area contributed by atoms with E-state index in [1.165, 1.54) is 36.0 Å². The second kappa shape index (κ2) is 7.39. The van der Waals surface area contributed by atoms with Gasteiger partial charge >= 0.3 is 6.61 Å². The van der Waals surface area contributed by atoms with Crippen molar-refractivity contribution in [1.29, 1.82) is 0 Å². The van der Waals surface area contributed by atoms with Gasteiger partial charge in [0.05, 0.1) is 0 Å². The molecule has 0 saturated heterocycles. The standard InChI is InChI=1S/C16H11F3N2O2S/c17-12-3-1-2-10(8-12)9-24-16-21-20-14(23-16)11-4-6-13(7-5-11)22-15(18)19/h1-8,15H,9H2. The minimum absolute atomic E-state index is 0.0500. The molecule has 8 heteroatoms. The van der Waals surface area contributed by atoms with Gasteiger partial charge in [-0.3, -0.25) is 0 Å². The molecule has 0 spiro atoms. The summed E-state index contributed by atoms with van der Waals surface area (Å²) in [6.07, 6.45) is 0. The quantitative estimate of drug-likeness (QED) is 0.598. The first-order chi connectivity index (χ1) is 11.6. The van der Waals surface area contributed by atoms with Gasteiger partial charge in [0, 0.05) is 11.3 Å². The minimum Gasteiger partial charge on any atom is -0.435 e. The smallest absolute Gasteiger partial charge is 0.387 e. The molecule has 3 aromatic rings. The first-order valence-electron chi connectivity index (χ1n) is 6.86. The first kappa shape index (κ1) is 16.4. The van der Waals surface area contributed by atoms with Gasteiger partial charge in [-0.1, -0.05) is 23.9 Å². The maximum atomic E-state index is 13.1. The Labute approximate surface area is 139 Å². The third kappa shape index (κ3) is 4.29. The highest BCUT2D eigenvalue weighted by molar-refractivity contribution is 7.98. The van der Waals surface area contributed by atoms with E-state index < -0.39 is 6.61 Å². The number of halogens is 3. The Morgan fingerprint density at radius 2 is 1.88 bits per heavy atom. The Morgan fingerprint density at radius 1 is 1.08 bits per heavy atom. The largest absolute Gasteiger partial charge is 0.435 e. The summed E-state index contributed by atoms with van der Waals surface area (Å²) in [5.41, 5.74) is 1.38. The van der Waals surface area contributed by atoms with Crippen LogP contribution in [0.4, 0.5) is 13.2 Å². The molecule has 124 valence electrons. The Kier molecular flexibility index (Phi) is 5.05. The van der Waals surface area contributed by atoms with E-state index >= 15 is 0 Å². The first-order valence-corrected chi connectivity index (χ1v) is 7.85. The maximum absolute atomic E-state index is 13.1. The molecule has 1 aromatic heterocycles. The number of alkyl halides is 2. The predicted octanol–water partition coefficient (Wildman–Crippen LogP) is 4.77. The molecule has 0 amide bonds. The van der Waals surface area contributed by atoms with E-state index in [1.54, 1.807) is 24.3 Å². The average Bonchev–Trinajstić information content (AvgIpc) is 3.02. The Morgan fingerprint density at radius 3 is 2.58 bits per heavy atom. The number of rotatable bonds is 6. The van der Waals surface area contributed by atoms with Crippen molar-refractivity contribution in [2.24, 2.45) is 0 Å². The zero-order chi connectivity index (χ0) is 16.9. The number of ether oxygens (including phenoxy) is 1. The monoisotopic (exact) mass is 352 g/mol. The van der Waals surface area contributed by atoms with Crippen LogP contribution in [0.1, 0.15) is 5.56 Å². The van der Waals surface area contributed by atoms with Gasteiger partial charge in [-0.25, -0.2) is 4.39 Å². The van der Waals surface area contributed by atoms with Crippen molar-refractivity contribution in [1.82, 2.24) is 10.2 Å². The lowest BCUT2D eigenvalue weighted by Crippen LogP contribution is -2.01. The van der Waals surface area contributed by atoms with Crippen LogP contribution in [0.5, 0.6) is 5.75 Å². The summed E-state index contributed by atoms with van der Waals surface area (Å²) in [7, 11) is 0. The highest BCUT2D eigenvalue weighted by atomic mass is 32.2. The van der Waals surface area contributed by atoms with E-state index in [0.29, 0.717) is 16.5 Å². The maximum Gasteiger partial charge on any atom is 0.387 e. The highest BCUT2D eigenvalue weighted by Crippen LogP contribution is 2.27. The minimum atomic E-state index is -2.87. The van der Waals surface area contributed by atoms with Crippen LogP contribution in [-0.4, -0.2) is 16.8 Å². The van der Waals surface area contributed by atoms with E-state index in [0.717, 1.165) is 5.56 Å². The zero-order valence-corrected chi connectivity index (χ0v) is 13.0. The fourth-order valence-electron chi connectivity index (χ4n) is 1.94. The molecule has 24 heavy (non-hydrogen) atoms. The number of hydrogen-bond acceptors (Lipinski definition) is 5. The van der Waals surface area contributed by atoms with Crippen LogP contribution in [0.15, 0.2) is 58.2 Å². The van der Waals surface area contributed by atoms with Crippen molar-refractivity contribution in [3.05, 3.63) is 59.9 Å². The molecular weight excluding hydrogens is 341 g/mol. The summed E-state index contributed by atoms with van der Waals surface area (Å²) in [6, 6.07) is 12.1. The van der Waals surface area contributed by atoms with Crippen molar-refractivity contribution in [2.75, 3.05) is 0 Å². The third-order valence-electron chi connectivity index (χ3n) is 2.98. The highest BCUT2D eigenvalue weighted by Gasteiger charge is 2.11. The molecule has 0 fully saturated rings. The molecule has 4 nitrogen and oxygen atoms in total. The second-order valence-electron chi connectivity index (χ2n) is 4.69. The lowest BCUT2D eigenvalue weighted by molar-refractivity contribution is -0.0498. The van der Waals surface area contributed by atoms with Crippen LogP contribution in [-0.2, 0) is 5.75 Å². The van der Waals surface area contributed by atoms with E-state index in [1.807, 2.05) is 0 Å². The molecule has 1 heterocycles. The van der Waals surface area contributed by atoms with Gasteiger partial charge in [-0.2, -0.15) is 8.78 Å². The molecule has 0 bridgehead atoms. The summed E-state index contributed by atoms with van der Waals surface area (Å²) >= 11 is 1.28. The van der Waals surface area contributed by atoms with Gasteiger partial charge in [-0.05, 0) is 42.0 Å². The topological polar surface area (TPSA) is 48.2 Å². The fraction of sp³-hybridized carbons (Fsp3) is 0.125. The molecular formula is C16H11F3N2O2S. The van der Waals surface area contributed by atoms with Crippen LogP contribution in [0, 0.1) is 5.82 Å². The van der Waals surface area contributed by atoms with E-state index in [2.05, 4.69) is 14.9 Å². The molecule has 2 aromatic carbocycles. The number of aromatic nitrogens is 2. The van der Waals surface area contributed by atoms with Crippen molar-refractivity contribution < 1.29 is 22.3 Å². The summed E-state index contributed by atoms with van der Waals surface area (Å²) in [4.78, 5) is 0. The molecule has 0 radical (unpaired) electrons. The van der Waals surface area contributed by atoms with E-state index in [-0.39, 0.29) is 17.5 Å². The van der Waals surface area contributed by atoms with Gasteiger partial charge in [0.2, 0.25) is 5.89 Å². The normalized spacial score (nSPS) is 11.0. The molecule has 0 N–H and O–H groups in total. The SMILES string of the molecule is Fc1cccc(CSc2nnc(-c3ccc(OC(F)F)cc3)o2)c1. The van der Waals surface area contributed by atoms with Crippen molar-refractivity contribution in [3.63, 3.8) is 0 Å². The number of hydrogen-bond donors (Lipinski definition) is 0. The number of thioether (sulfide) groups is 1. The Hall–Kier alpha value is -2.48. The molecule has 0 unspecified atom stereocenters. The Bertz CT molecular complexity index is 809. The molecule has 0 aliphatic rings. The summed E-state index contributed by atoms with van der Waals surface area (Å²) in [6.45, 7) is -2.87. The third-order valence-corrected chi connectivity index (χ3v) is 3.87. The molecule has 0 saturated carbocycles. The van der Waals surface area contributed by atoms with Crippen LogP contribution >= 0.6 is 11.8 Å². The molecule has 0 atom stereocenters.